The summed E-state index contributed by atoms with van der Waals surface area (Å²) in [6.07, 6.45) is 0.643. The van der Waals surface area contributed by atoms with Gasteiger partial charge in [0.2, 0.25) is 0 Å². The van der Waals surface area contributed by atoms with E-state index in [4.69, 9.17) is 16.3 Å². The van der Waals surface area contributed by atoms with Gasteiger partial charge in [0.05, 0.1) is 0 Å². The quantitative estimate of drug-likeness (QED) is 0.813. The monoisotopic (exact) mass is 338 g/mol. The molecule has 1 aromatic carbocycles. The first-order valence-corrected chi connectivity index (χ1v) is 8.45. The predicted molar refractivity (Wildman–Crippen MR) is 93.9 cm³/mol. The van der Waals surface area contributed by atoms with Gasteiger partial charge in [-0.25, -0.2) is 4.79 Å². The number of nitrogens with one attached hydrogen (secondary N) is 2. The second-order valence-corrected chi connectivity index (χ2v) is 8.26. The van der Waals surface area contributed by atoms with Crippen LogP contribution in [0.15, 0.2) is 18.2 Å². The highest BCUT2D eigenvalue weighted by Gasteiger charge is 2.38. The maximum absolute atomic E-state index is 11.6. The van der Waals surface area contributed by atoms with Crippen LogP contribution in [-0.4, -0.2) is 24.8 Å². The van der Waals surface area contributed by atoms with Gasteiger partial charge in [0.15, 0.2) is 0 Å². The van der Waals surface area contributed by atoms with E-state index in [0.717, 1.165) is 11.4 Å². The van der Waals surface area contributed by atoms with Crippen LogP contribution in [0.4, 0.5) is 4.79 Å². The van der Waals surface area contributed by atoms with Gasteiger partial charge in [-0.2, -0.15) is 0 Å². The van der Waals surface area contributed by atoms with Crippen LogP contribution in [0.25, 0.3) is 0 Å². The minimum Gasteiger partial charge on any atom is -0.444 e. The Bertz CT molecular complexity index is 579. The standard InChI is InChI=1S/C18H27ClN2O2/c1-17(2,3)23-16(22)21-9-8-20-15-14-10-13(19)7-6-12(14)11-18(15,4)5/h6-7,10,15,20H,8-9,11H2,1-5H3,(H,21,22). The first-order chi connectivity index (χ1) is 10.6. The number of alkyl carbamates (subject to hydrolysis) is 1. The minimum atomic E-state index is -0.472. The summed E-state index contributed by atoms with van der Waals surface area (Å²) < 4.78 is 5.23. The molecule has 0 fully saturated rings. The lowest BCUT2D eigenvalue weighted by atomic mass is 9.85. The molecule has 1 amide bonds. The SMILES string of the molecule is CC(C)(C)OC(=O)NCCNC1c2cc(Cl)ccc2CC1(C)C. The molecular formula is C18H27ClN2O2. The maximum atomic E-state index is 11.6. The summed E-state index contributed by atoms with van der Waals surface area (Å²) in [6, 6.07) is 6.34. The van der Waals surface area contributed by atoms with Crippen LogP contribution in [0.5, 0.6) is 0 Å². The number of carbonyl (C=O) groups is 1. The van der Waals surface area contributed by atoms with E-state index in [0.29, 0.717) is 13.1 Å². The van der Waals surface area contributed by atoms with Gasteiger partial charge < -0.3 is 15.4 Å². The first-order valence-electron chi connectivity index (χ1n) is 8.07. The van der Waals surface area contributed by atoms with Crippen LogP contribution in [0.1, 0.15) is 51.8 Å². The number of carbonyl (C=O) groups excluding carboxylic acids is 1. The average Bonchev–Trinajstić information content (AvgIpc) is 2.63. The zero-order chi connectivity index (χ0) is 17.3. The summed E-state index contributed by atoms with van der Waals surface area (Å²) >= 11 is 6.14. The van der Waals surface area contributed by atoms with Crippen LogP contribution in [0.2, 0.25) is 5.02 Å². The van der Waals surface area contributed by atoms with Crippen molar-refractivity contribution in [3.05, 3.63) is 34.3 Å². The smallest absolute Gasteiger partial charge is 0.407 e. The molecule has 128 valence electrons. The molecule has 1 aliphatic carbocycles. The molecular weight excluding hydrogens is 312 g/mol. The lowest BCUT2D eigenvalue weighted by Gasteiger charge is -2.29. The third-order valence-electron chi connectivity index (χ3n) is 3.99. The van der Waals surface area contributed by atoms with Crippen LogP contribution < -0.4 is 10.6 Å². The third-order valence-corrected chi connectivity index (χ3v) is 4.22. The van der Waals surface area contributed by atoms with Crippen molar-refractivity contribution in [2.75, 3.05) is 13.1 Å². The fourth-order valence-corrected chi connectivity index (χ4v) is 3.27. The van der Waals surface area contributed by atoms with Crippen molar-refractivity contribution >= 4 is 17.7 Å². The van der Waals surface area contributed by atoms with Crippen LogP contribution in [-0.2, 0) is 11.2 Å². The largest absolute Gasteiger partial charge is 0.444 e. The van der Waals surface area contributed by atoms with Gasteiger partial charge in [0.1, 0.15) is 5.60 Å². The summed E-state index contributed by atoms with van der Waals surface area (Å²) in [5.74, 6) is 0. The van der Waals surface area contributed by atoms with E-state index in [1.165, 1.54) is 11.1 Å². The normalized spacial score (nSPS) is 19.3. The molecule has 0 radical (unpaired) electrons. The summed E-state index contributed by atoms with van der Waals surface area (Å²) in [6.45, 7) is 11.3. The van der Waals surface area contributed by atoms with Crippen molar-refractivity contribution in [1.82, 2.24) is 10.6 Å². The van der Waals surface area contributed by atoms with Crippen molar-refractivity contribution < 1.29 is 9.53 Å². The second kappa shape index (κ2) is 6.70. The maximum Gasteiger partial charge on any atom is 0.407 e. The molecule has 4 nitrogen and oxygen atoms in total. The lowest BCUT2D eigenvalue weighted by molar-refractivity contribution is 0.0527. The van der Waals surface area contributed by atoms with Crippen molar-refractivity contribution in [2.24, 2.45) is 5.41 Å². The Morgan fingerprint density at radius 2 is 2.04 bits per heavy atom. The van der Waals surface area contributed by atoms with Gasteiger partial charge in [0, 0.05) is 24.2 Å². The van der Waals surface area contributed by atoms with E-state index in [2.05, 4.69) is 30.5 Å². The van der Waals surface area contributed by atoms with Gasteiger partial charge in [-0.15, -0.1) is 0 Å². The summed E-state index contributed by atoms with van der Waals surface area (Å²) in [5, 5.41) is 7.08. The van der Waals surface area contributed by atoms with E-state index in [9.17, 15) is 4.79 Å². The molecule has 2 N–H and O–H groups in total. The van der Waals surface area contributed by atoms with Crippen LogP contribution in [0.3, 0.4) is 0 Å². The zero-order valence-electron chi connectivity index (χ0n) is 14.6. The Kier molecular flexibility index (Phi) is 5.27. The summed E-state index contributed by atoms with van der Waals surface area (Å²) in [4.78, 5) is 11.6. The zero-order valence-corrected chi connectivity index (χ0v) is 15.4. The van der Waals surface area contributed by atoms with E-state index in [-0.39, 0.29) is 17.6 Å². The molecule has 0 aromatic heterocycles. The highest BCUT2D eigenvalue weighted by Crippen LogP contribution is 2.45. The molecule has 1 aromatic rings. The Labute approximate surface area is 143 Å². The number of halogens is 1. The predicted octanol–water partition coefficient (Wildman–Crippen LogP) is 4.08. The highest BCUT2D eigenvalue weighted by atomic mass is 35.5. The topological polar surface area (TPSA) is 50.4 Å². The number of fused-ring (bicyclic) bond motifs is 1. The molecule has 2 rings (SSSR count). The second-order valence-electron chi connectivity index (χ2n) is 7.82. The number of hydrogen-bond acceptors (Lipinski definition) is 3. The van der Waals surface area contributed by atoms with E-state index in [1.807, 2.05) is 32.9 Å². The van der Waals surface area contributed by atoms with Gasteiger partial charge >= 0.3 is 6.09 Å². The van der Waals surface area contributed by atoms with Gasteiger partial charge in [-0.1, -0.05) is 31.5 Å². The Balaban J connectivity index is 1.88. The molecule has 0 aliphatic heterocycles. The minimum absolute atomic E-state index is 0.124. The fraction of sp³-hybridized carbons (Fsp3) is 0.611. The number of amides is 1. The van der Waals surface area contributed by atoms with E-state index >= 15 is 0 Å². The van der Waals surface area contributed by atoms with E-state index in [1.54, 1.807) is 0 Å². The Morgan fingerprint density at radius 3 is 2.70 bits per heavy atom. The summed E-state index contributed by atoms with van der Waals surface area (Å²) in [7, 11) is 0. The number of ether oxygens (including phenoxy) is 1. The van der Waals surface area contributed by atoms with Gasteiger partial charge in [-0.3, -0.25) is 0 Å². The third kappa shape index (κ3) is 4.85. The average molecular weight is 339 g/mol. The highest BCUT2D eigenvalue weighted by molar-refractivity contribution is 6.30. The number of rotatable bonds is 4. The van der Waals surface area contributed by atoms with Crippen molar-refractivity contribution in [3.8, 4) is 0 Å². The molecule has 0 heterocycles. The Hall–Kier alpha value is -1.26. The summed E-state index contributed by atoms with van der Waals surface area (Å²) in [5.41, 5.74) is 2.26. The van der Waals surface area contributed by atoms with Crippen LogP contribution >= 0.6 is 11.6 Å². The number of benzene rings is 1. The lowest BCUT2D eigenvalue weighted by Crippen LogP contribution is -2.39. The van der Waals surface area contributed by atoms with Crippen molar-refractivity contribution in [2.45, 2.75) is 52.7 Å². The molecule has 0 saturated carbocycles. The van der Waals surface area contributed by atoms with Crippen LogP contribution in [0, 0.1) is 5.41 Å². The van der Waals surface area contributed by atoms with Gasteiger partial charge in [-0.05, 0) is 55.9 Å². The molecule has 23 heavy (non-hydrogen) atoms. The molecule has 5 heteroatoms. The molecule has 1 unspecified atom stereocenters. The van der Waals surface area contributed by atoms with Gasteiger partial charge in [0.25, 0.3) is 0 Å². The molecule has 0 bridgehead atoms. The van der Waals surface area contributed by atoms with Crippen molar-refractivity contribution in [1.29, 1.82) is 0 Å². The molecule has 0 saturated heterocycles. The molecule has 0 spiro atoms. The van der Waals surface area contributed by atoms with E-state index < -0.39 is 5.60 Å². The number of hydrogen-bond donors (Lipinski definition) is 2. The molecule has 1 atom stereocenters. The fourth-order valence-electron chi connectivity index (χ4n) is 3.09. The van der Waals surface area contributed by atoms with Crippen molar-refractivity contribution in [3.63, 3.8) is 0 Å². The first kappa shape index (κ1) is 18.1. The molecule has 1 aliphatic rings. The Morgan fingerprint density at radius 1 is 1.35 bits per heavy atom.